The molecule has 0 fully saturated rings. The summed E-state index contributed by atoms with van der Waals surface area (Å²) in [5.41, 5.74) is -0.201. The topological polar surface area (TPSA) is 28.7 Å². The van der Waals surface area contributed by atoms with Gasteiger partial charge in [0.1, 0.15) is 0 Å². The zero-order valence-corrected chi connectivity index (χ0v) is 11.1. The van der Waals surface area contributed by atoms with Gasteiger partial charge in [-0.1, -0.05) is 33.6 Å². The molecule has 18 heavy (non-hydrogen) atoms. The van der Waals surface area contributed by atoms with Gasteiger partial charge in [-0.2, -0.15) is 18.3 Å². The van der Waals surface area contributed by atoms with Gasteiger partial charge in [-0.05, 0) is 24.8 Å². The van der Waals surface area contributed by atoms with Gasteiger partial charge in [-0.25, -0.2) is 0 Å². The van der Waals surface area contributed by atoms with Crippen LogP contribution in [0.5, 0.6) is 0 Å². The number of nitrogens with one attached hydrogen (secondary N) is 1. The van der Waals surface area contributed by atoms with Gasteiger partial charge in [-0.3, -0.25) is 5.10 Å². The van der Waals surface area contributed by atoms with Crippen LogP contribution >= 0.6 is 0 Å². The Bertz CT molecular complexity index is 355. The molecule has 0 spiro atoms. The molecule has 0 radical (unpaired) electrons. The van der Waals surface area contributed by atoms with Crippen LogP contribution in [-0.2, 0) is 6.18 Å². The zero-order valence-electron chi connectivity index (χ0n) is 11.1. The number of H-pyrrole nitrogens is 1. The fraction of sp³-hybridized carbons (Fsp3) is 0.769. The SMILES string of the molecule is CCCC(CCC(C)C)c1cc(C(F)(F)F)n[nH]1. The van der Waals surface area contributed by atoms with Crippen LogP contribution in [0.15, 0.2) is 6.07 Å². The van der Waals surface area contributed by atoms with Crippen LogP contribution in [0.3, 0.4) is 0 Å². The second-order valence-corrected chi connectivity index (χ2v) is 5.16. The van der Waals surface area contributed by atoms with Crippen molar-refractivity contribution in [2.75, 3.05) is 0 Å². The van der Waals surface area contributed by atoms with Crippen LogP contribution in [0.25, 0.3) is 0 Å². The van der Waals surface area contributed by atoms with Crippen molar-refractivity contribution in [2.24, 2.45) is 5.92 Å². The predicted octanol–water partition coefficient (Wildman–Crippen LogP) is 4.75. The Labute approximate surface area is 106 Å². The van der Waals surface area contributed by atoms with Crippen molar-refractivity contribution in [3.05, 3.63) is 17.5 Å². The van der Waals surface area contributed by atoms with E-state index in [9.17, 15) is 13.2 Å². The van der Waals surface area contributed by atoms with E-state index in [0.717, 1.165) is 31.7 Å². The Kier molecular flexibility index (Phi) is 5.23. The van der Waals surface area contributed by atoms with Gasteiger partial charge >= 0.3 is 6.18 Å². The predicted molar refractivity (Wildman–Crippen MR) is 65.3 cm³/mol. The molecule has 5 heteroatoms. The van der Waals surface area contributed by atoms with E-state index in [1.54, 1.807) is 0 Å². The second-order valence-electron chi connectivity index (χ2n) is 5.16. The normalized spacial score (nSPS) is 14.2. The van der Waals surface area contributed by atoms with Gasteiger partial charge in [0.05, 0.1) is 0 Å². The summed E-state index contributed by atoms with van der Waals surface area (Å²) < 4.78 is 37.4. The van der Waals surface area contributed by atoms with E-state index in [0.29, 0.717) is 11.6 Å². The third-order valence-electron chi connectivity index (χ3n) is 3.06. The third-order valence-corrected chi connectivity index (χ3v) is 3.06. The van der Waals surface area contributed by atoms with E-state index in [2.05, 4.69) is 24.0 Å². The first-order chi connectivity index (χ1) is 8.34. The quantitative estimate of drug-likeness (QED) is 0.787. The van der Waals surface area contributed by atoms with Crippen LogP contribution in [0.4, 0.5) is 13.2 Å². The molecule has 1 aromatic rings. The molecule has 0 bridgehead atoms. The number of nitrogens with zero attached hydrogens (tertiary/aromatic N) is 1. The number of aromatic nitrogens is 2. The Morgan fingerprint density at radius 3 is 2.33 bits per heavy atom. The van der Waals surface area contributed by atoms with Crippen molar-refractivity contribution in [1.82, 2.24) is 10.2 Å². The highest BCUT2D eigenvalue weighted by atomic mass is 19.4. The standard InChI is InChI=1S/C13H21F3N2/c1-4-5-10(7-6-9(2)3)11-8-12(18-17-11)13(14,15)16/h8-10H,4-7H2,1-3H3,(H,17,18). The molecule has 104 valence electrons. The van der Waals surface area contributed by atoms with E-state index in [1.807, 2.05) is 6.92 Å². The lowest BCUT2D eigenvalue weighted by Gasteiger charge is -2.15. The van der Waals surface area contributed by atoms with Crippen molar-refractivity contribution in [1.29, 1.82) is 0 Å². The van der Waals surface area contributed by atoms with Crippen LogP contribution in [0.1, 0.15) is 63.8 Å². The number of hydrogen-bond acceptors (Lipinski definition) is 1. The minimum atomic E-state index is -4.36. The fourth-order valence-electron chi connectivity index (χ4n) is 2.03. The summed E-state index contributed by atoms with van der Waals surface area (Å²) >= 11 is 0. The van der Waals surface area contributed by atoms with E-state index in [-0.39, 0.29) is 5.92 Å². The van der Waals surface area contributed by atoms with Crippen molar-refractivity contribution >= 4 is 0 Å². The van der Waals surface area contributed by atoms with Crippen molar-refractivity contribution in [3.8, 4) is 0 Å². The summed E-state index contributed by atoms with van der Waals surface area (Å²) in [5, 5.41) is 5.92. The van der Waals surface area contributed by atoms with Gasteiger partial charge < -0.3 is 0 Å². The van der Waals surface area contributed by atoms with E-state index < -0.39 is 11.9 Å². The molecule has 0 aliphatic heterocycles. The van der Waals surface area contributed by atoms with E-state index in [4.69, 9.17) is 0 Å². The monoisotopic (exact) mass is 262 g/mol. The van der Waals surface area contributed by atoms with Crippen LogP contribution < -0.4 is 0 Å². The highest BCUT2D eigenvalue weighted by Crippen LogP contribution is 2.32. The lowest BCUT2D eigenvalue weighted by atomic mass is 9.91. The summed E-state index contributed by atoms with van der Waals surface area (Å²) in [7, 11) is 0. The van der Waals surface area contributed by atoms with Crippen LogP contribution in [0.2, 0.25) is 0 Å². The molecule has 0 aliphatic carbocycles. The molecule has 0 aliphatic rings. The molecule has 1 aromatic heterocycles. The number of alkyl halides is 3. The molecule has 0 aromatic carbocycles. The fourth-order valence-corrected chi connectivity index (χ4v) is 2.03. The van der Waals surface area contributed by atoms with Gasteiger partial charge in [0.15, 0.2) is 5.69 Å². The maximum atomic E-state index is 12.5. The molecule has 1 heterocycles. The Hall–Kier alpha value is -1.00. The van der Waals surface area contributed by atoms with Gasteiger partial charge in [-0.15, -0.1) is 0 Å². The zero-order chi connectivity index (χ0) is 13.8. The van der Waals surface area contributed by atoms with Crippen molar-refractivity contribution in [2.45, 2.75) is 58.5 Å². The summed E-state index contributed by atoms with van der Waals surface area (Å²) in [6.07, 6.45) is -0.574. The van der Waals surface area contributed by atoms with Crippen LogP contribution in [-0.4, -0.2) is 10.2 Å². The molecule has 1 unspecified atom stereocenters. The number of halogens is 3. The first-order valence-corrected chi connectivity index (χ1v) is 6.47. The third kappa shape index (κ3) is 4.35. The first kappa shape index (κ1) is 15.1. The second kappa shape index (κ2) is 6.25. The van der Waals surface area contributed by atoms with Gasteiger partial charge in [0.2, 0.25) is 0 Å². The van der Waals surface area contributed by atoms with E-state index >= 15 is 0 Å². The summed E-state index contributed by atoms with van der Waals surface area (Å²) in [6.45, 7) is 6.29. The summed E-state index contributed by atoms with van der Waals surface area (Å²) in [4.78, 5) is 0. The van der Waals surface area contributed by atoms with Crippen molar-refractivity contribution < 1.29 is 13.2 Å². The number of aromatic amines is 1. The first-order valence-electron chi connectivity index (χ1n) is 6.47. The minimum absolute atomic E-state index is 0.154. The maximum Gasteiger partial charge on any atom is 0.435 e. The molecular weight excluding hydrogens is 241 g/mol. The summed E-state index contributed by atoms with van der Waals surface area (Å²) in [6, 6.07) is 1.15. The largest absolute Gasteiger partial charge is 0.435 e. The molecule has 0 amide bonds. The Morgan fingerprint density at radius 1 is 1.22 bits per heavy atom. The Morgan fingerprint density at radius 2 is 1.89 bits per heavy atom. The minimum Gasteiger partial charge on any atom is -0.282 e. The van der Waals surface area contributed by atoms with Gasteiger partial charge in [0, 0.05) is 11.6 Å². The van der Waals surface area contributed by atoms with Crippen LogP contribution in [0, 0.1) is 5.92 Å². The highest BCUT2D eigenvalue weighted by Gasteiger charge is 2.34. The molecule has 2 nitrogen and oxygen atoms in total. The number of hydrogen-bond donors (Lipinski definition) is 1. The lowest BCUT2D eigenvalue weighted by Crippen LogP contribution is -2.05. The maximum absolute atomic E-state index is 12.5. The van der Waals surface area contributed by atoms with E-state index in [1.165, 1.54) is 0 Å². The molecule has 1 rings (SSSR count). The molecular formula is C13H21F3N2. The number of rotatable bonds is 6. The van der Waals surface area contributed by atoms with Crippen molar-refractivity contribution in [3.63, 3.8) is 0 Å². The Balaban J connectivity index is 2.76. The molecule has 0 saturated carbocycles. The van der Waals surface area contributed by atoms with Gasteiger partial charge in [0.25, 0.3) is 0 Å². The average Bonchev–Trinajstić information content (AvgIpc) is 2.72. The highest BCUT2D eigenvalue weighted by molar-refractivity contribution is 5.15. The summed E-state index contributed by atoms with van der Waals surface area (Å²) in [5.74, 6) is 0.718. The average molecular weight is 262 g/mol. The molecule has 0 saturated heterocycles. The smallest absolute Gasteiger partial charge is 0.282 e. The lowest BCUT2D eigenvalue weighted by molar-refractivity contribution is -0.141. The molecule has 1 N–H and O–H groups in total. The molecule has 1 atom stereocenters.